The zero-order valence-corrected chi connectivity index (χ0v) is 15.1. The van der Waals surface area contributed by atoms with Gasteiger partial charge in [0.15, 0.2) is 0 Å². The predicted octanol–water partition coefficient (Wildman–Crippen LogP) is 1.18. The maximum absolute atomic E-state index is 12.4. The Morgan fingerprint density at radius 3 is 2.71 bits per heavy atom. The summed E-state index contributed by atoms with van der Waals surface area (Å²) in [5.41, 5.74) is 1.01. The fourth-order valence-corrected chi connectivity index (χ4v) is 4.40. The van der Waals surface area contributed by atoms with Gasteiger partial charge in [0.25, 0.3) is 0 Å². The zero-order valence-electron chi connectivity index (χ0n) is 14.3. The van der Waals surface area contributed by atoms with Gasteiger partial charge in [-0.25, -0.2) is 0 Å². The SMILES string of the molecule is COc1ccc(OC)c(C2SCC(=O)N2CCN2CCNCC2)c1. The Kier molecular flexibility index (Phi) is 5.86. The average molecular weight is 351 g/mol. The maximum atomic E-state index is 12.4. The first kappa shape index (κ1) is 17.4. The van der Waals surface area contributed by atoms with E-state index in [1.165, 1.54) is 0 Å². The number of benzene rings is 1. The molecular formula is C17H25N3O3S. The molecule has 2 heterocycles. The van der Waals surface area contributed by atoms with Crippen LogP contribution in [0.15, 0.2) is 18.2 Å². The van der Waals surface area contributed by atoms with E-state index in [4.69, 9.17) is 9.47 Å². The lowest BCUT2D eigenvalue weighted by Crippen LogP contribution is -2.46. The largest absolute Gasteiger partial charge is 0.497 e. The summed E-state index contributed by atoms with van der Waals surface area (Å²) in [6.45, 7) is 5.80. The summed E-state index contributed by atoms with van der Waals surface area (Å²) in [6, 6.07) is 5.77. The first-order chi connectivity index (χ1) is 11.7. The Balaban J connectivity index is 1.74. The van der Waals surface area contributed by atoms with Crippen molar-refractivity contribution in [2.45, 2.75) is 5.37 Å². The van der Waals surface area contributed by atoms with Gasteiger partial charge in [-0.15, -0.1) is 11.8 Å². The first-order valence-electron chi connectivity index (χ1n) is 8.29. The van der Waals surface area contributed by atoms with Crippen LogP contribution in [0.3, 0.4) is 0 Å². The van der Waals surface area contributed by atoms with Crippen molar-refractivity contribution < 1.29 is 14.3 Å². The molecule has 1 unspecified atom stereocenters. The highest BCUT2D eigenvalue weighted by Crippen LogP contribution is 2.43. The first-order valence-corrected chi connectivity index (χ1v) is 9.34. The van der Waals surface area contributed by atoms with E-state index >= 15 is 0 Å². The second-order valence-electron chi connectivity index (χ2n) is 5.95. The topological polar surface area (TPSA) is 54.0 Å². The number of hydrogen-bond acceptors (Lipinski definition) is 6. The maximum Gasteiger partial charge on any atom is 0.233 e. The summed E-state index contributed by atoms with van der Waals surface area (Å²) in [5, 5.41) is 3.35. The van der Waals surface area contributed by atoms with Gasteiger partial charge in [0, 0.05) is 44.8 Å². The minimum absolute atomic E-state index is 0.00883. The highest BCUT2D eigenvalue weighted by atomic mass is 32.2. The predicted molar refractivity (Wildman–Crippen MR) is 95.8 cm³/mol. The van der Waals surface area contributed by atoms with Gasteiger partial charge in [-0.3, -0.25) is 9.69 Å². The fourth-order valence-electron chi connectivity index (χ4n) is 3.17. The Hall–Kier alpha value is -1.44. The molecule has 1 atom stereocenters. The van der Waals surface area contributed by atoms with E-state index in [1.54, 1.807) is 26.0 Å². The molecule has 2 aliphatic heterocycles. The minimum atomic E-state index is -0.00883. The second kappa shape index (κ2) is 8.09. The molecule has 7 heteroatoms. The van der Waals surface area contributed by atoms with Gasteiger partial charge in [-0.1, -0.05) is 0 Å². The Labute approximate surface area is 147 Å². The highest BCUT2D eigenvalue weighted by Gasteiger charge is 2.34. The van der Waals surface area contributed by atoms with Crippen molar-refractivity contribution in [3.05, 3.63) is 23.8 Å². The summed E-state index contributed by atoms with van der Waals surface area (Å²) >= 11 is 1.66. The van der Waals surface area contributed by atoms with Gasteiger partial charge in [0.05, 0.1) is 20.0 Å². The Morgan fingerprint density at radius 1 is 1.21 bits per heavy atom. The van der Waals surface area contributed by atoms with E-state index in [0.29, 0.717) is 5.75 Å². The highest BCUT2D eigenvalue weighted by molar-refractivity contribution is 8.00. The molecule has 2 fully saturated rings. The lowest BCUT2D eigenvalue weighted by molar-refractivity contribution is -0.128. The van der Waals surface area contributed by atoms with E-state index in [9.17, 15) is 4.79 Å². The number of hydrogen-bond donors (Lipinski definition) is 1. The van der Waals surface area contributed by atoms with Crippen LogP contribution in [0.2, 0.25) is 0 Å². The molecule has 2 aliphatic rings. The summed E-state index contributed by atoms with van der Waals surface area (Å²) in [4.78, 5) is 16.8. The molecule has 0 aromatic heterocycles. The quantitative estimate of drug-likeness (QED) is 0.831. The van der Waals surface area contributed by atoms with Crippen LogP contribution in [0.5, 0.6) is 11.5 Å². The van der Waals surface area contributed by atoms with Crippen LogP contribution in [0.1, 0.15) is 10.9 Å². The molecule has 2 saturated heterocycles. The summed E-state index contributed by atoms with van der Waals surface area (Å²) < 4.78 is 10.9. The molecular weight excluding hydrogens is 326 g/mol. The number of rotatable bonds is 6. The lowest BCUT2D eigenvalue weighted by atomic mass is 10.1. The smallest absolute Gasteiger partial charge is 0.233 e. The number of amides is 1. The molecule has 0 saturated carbocycles. The molecule has 0 spiro atoms. The minimum Gasteiger partial charge on any atom is -0.497 e. The number of thioether (sulfide) groups is 1. The lowest BCUT2D eigenvalue weighted by Gasteiger charge is -2.31. The number of carbonyl (C=O) groups is 1. The number of ether oxygens (including phenoxy) is 2. The van der Waals surface area contributed by atoms with Crippen LogP contribution < -0.4 is 14.8 Å². The van der Waals surface area contributed by atoms with Crippen molar-refractivity contribution in [3.63, 3.8) is 0 Å². The molecule has 3 rings (SSSR count). The van der Waals surface area contributed by atoms with Gasteiger partial charge < -0.3 is 19.7 Å². The summed E-state index contributed by atoms with van der Waals surface area (Å²) in [7, 11) is 3.32. The molecule has 24 heavy (non-hydrogen) atoms. The Morgan fingerprint density at radius 2 is 2.00 bits per heavy atom. The molecule has 0 aliphatic carbocycles. The number of nitrogens with zero attached hydrogens (tertiary/aromatic N) is 2. The summed E-state index contributed by atoms with van der Waals surface area (Å²) in [6.07, 6.45) is 0. The van der Waals surface area contributed by atoms with Crippen molar-refractivity contribution in [1.29, 1.82) is 0 Å². The molecule has 1 aromatic rings. The number of piperazine rings is 1. The fraction of sp³-hybridized carbons (Fsp3) is 0.588. The third-order valence-corrected chi connectivity index (χ3v) is 5.78. The Bertz CT molecular complexity index is 578. The number of carbonyl (C=O) groups excluding carboxylic acids is 1. The van der Waals surface area contributed by atoms with Gasteiger partial charge in [-0.2, -0.15) is 0 Å². The third-order valence-electron chi connectivity index (χ3n) is 4.54. The van der Waals surface area contributed by atoms with E-state index in [0.717, 1.165) is 56.3 Å². The summed E-state index contributed by atoms with van der Waals surface area (Å²) in [5.74, 6) is 2.31. The monoisotopic (exact) mass is 351 g/mol. The van der Waals surface area contributed by atoms with E-state index < -0.39 is 0 Å². The third kappa shape index (κ3) is 3.79. The van der Waals surface area contributed by atoms with Crippen LogP contribution in [-0.2, 0) is 4.79 Å². The van der Waals surface area contributed by atoms with Crippen molar-refractivity contribution in [2.24, 2.45) is 0 Å². The molecule has 1 N–H and O–H groups in total. The van der Waals surface area contributed by atoms with Crippen molar-refractivity contribution in [2.75, 3.05) is 59.2 Å². The van der Waals surface area contributed by atoms with Crippen molar-refractivity contribution in [1.82, 2.24) is 15.1 Å². The van der Waals surface area contributed by atoms with Gasteiger partial charge in [0.2, 0.25) is 5.91 Å². The molecule has 0 radical (unpaired) electrons. The standard InChI is InChI=1S/C17H25N3O3S/c1-22-13-3-4-15(23-2)14(11-13)17-20(16(21)12-24-17)10-9-19-7-5-18-6-8-19/h3-4,11,17-18H,5-10,12H2,1-2H3. The van der Waals surface area contributed by atoms with Crippen LogP contribution >= 0.6 is 11.8 Å². The normalized spacial score (nSPS) is 22.0. The molecule has 0 bridgehead atoms. The molecule has 1 aromatic carbocycles. The zero-order chi connectivity index (χ0) is 16.9. The average Bonchev–Trinajstić information content (AvgIpc) is 3.00. The van der Waals surface area contributed by atoms with E-state index in [1.807, 2.05) is 23.1 Å². The van der Waals surface area contributed by atoms with Gasteiger partial charge in [-0.05, 0) is 18.2 Å². The molecule has 132 valence electrons. The number of nitrogens with one attached hydrogen (secondary N) is 1. The van der Waals surface area contributed by atoms with Crippen LogP contribution in [0.4, 0.5) is 0 Å². The van der Waals surface area contributed by atoms with E-state index in [2.05, 4.69) is 10.2 Å². The molecule has 1 amide bonds. The van der Waals surface area contributed by atoms with Crippen molar-refractivity contribution in [3.8, 4) is 11.5 Å². The van der Waals surface area contributed by atoms with E-state index in [-0.39, 0.29) is 11.3 Å². The van der Waals surface area contributed by atoms with Crippen LogP contribution in [0.25, 0.3) is 0 Å². The van der Waals surface area contributed by atoms with Crippen LogP contribution in [-0.4, -0.2) is 74.9 Å². The molecule has 6 nitrogen and oxygen atoms in total. The van der Waals surface area contributed by atoms with Crippen LogP contribution in [0, 0.1) is 0 Å². The van der Waals surface area contributed by atoms with Crippen molar-refractivity contribution >= 4 is 17.7 Å². The van der Waals surface area contributed by atoms with Gasteiger partial charge >= 0.3 is 0 Å². The number of methoxy groups -OCH3 is 2. The van der Waals surface area contributed by atoms with Gasteiger partial charge in [0.1, 0.15) is 16.9 Å². The second-order valence-corrected chi connectivity index (χ2v) is 7.02.